The number of carbonyl (C=O) groups excluding carboxylic acids is 3. The molecule has 0 bridgehead atoms. The van der Waals surface area contributed by atoms with Crippen molar-refractivity contribution in [3.05, 3.63) is 41.5 Å². The van der Waals surface area contributed by atoms with E-state index < -0.39 is 11.6 Å². The molecule has 1 saturated carbocycles. The second kappa shape index (κ2) is 9.01. The predicted octanol–water partition coefficient (Wildman–Crippen LogP) is 1.28. The van der Waals surface area contributed by atoms with Gasteiger partial charge in [0.2, 0.25) is 5.91 Å². The van der Waals surface area contributed by atoms with Gasteiger partial charge in [0, 0.05) is 19.5 Å². The summed E-state index contributed by atoms with van der Waals surface area (Å²) in [5.41, 5.74) is 0.0423. The van der Waals surface area contributed by atoms with Crippen molar-refractivity contribution in [2.75, 3.05) is 13.1 Å². The van der Waals surface area contributed by atoms with Gasteiger partial charge in [-0.1, -0.05) is 25.0 Å². The molecule has 11 heteroatoms. The number of nitrogens with one attached hydrogen (secondary N) is 2. The summed E-state index contributed by atoms with van der Waals surface area (Å²) in [6.45, 7) is 2.21. The van der Waals surface area contributed by atoms with Crippen molar-refractivity contribution in [1.82, 2.24) is 35.7 Å². The highest BCUT2D eigenvalue weighted by molar-refractivity contribution is 6.07. The highest BCUT2D eigenvalue weighted by Crippen LogP contribution is 2.35. The van der Waals surface area contributed by atoms with E-state index in [4.69, 9.17) is 0 Å². The Labute approximate surface area is 184 Å². The maximum absolute atomic E-state index is 13.2. The van der Waals surface area contributed by atoms with Gasteiger partial charge in [0.1, 0.15) is 23.2 Å². The number of hydrogen-bond donors (Lipinski definition) is 2. The van der Waals surface area contributed by atoms with E-state index in [1.165, 1.54) is 21.7 Å². The molecule has 1 aliphatic heterocycles. The van der Waals surface area contributed by atoms with Crippen molar-refractivity contribution in [1.29, 1.82) is 0 Å². The van der Waals surface area contributed by atoms with Crippen LogP contribution in [0.2, 0.25) is 0 Å². The van der Waals surface area contributed by atoms with Crippen molar-refractivity contribution >= 4 is 17.8 Å². The molecule has 2 aromatic rings. The fraction of sp³-hybridized carbons (Fsp3) is 0.524. The summed E-state index contributed by atoms with van der Waals surface area (Å²) in [7, 11) is 0. The minimum atomic E-state index is -0.724. The van der Waals surface area contributed by atoms with Gasteiger partial charge in [0.15, 0.2) is 0 Å². The van der Waals surface area contributed by atoms with Crippen LogP contribution in [-0.4, -0.2) is 61.6 Å². The standard InChI is InChI=1S/C21H26FN7O3/c1-14-25-26-27-29(14)17(13-15-5-7-16(22)8-6-15)18(30)23-11-4-12-28-19(31)21(24-20(28)32)9-2-3-10-21/h5-8,17H,2-4,9-13H2,1H3,(H,23,30)(H,24,32)/t17-/m1/s1. The average molecular weight is 443 g/mol. The zero-order chi connectivity index (χ0) is 22.7. The number of halogens is 1. The van der Waals surface area contributed by atoms with Gasteiger partial charge in [-0.15, -0.1) is 5.10 Å². The van der Waals surface area contributed by atoms with Crippen LogP contribution in [0.25, 0.3) is 0 Å². The van der Waals surface area contributed by atoms with Crippen molar-refractivity contribution < 1.29 is 18.8 Å². The third-order valence-corrected chi connectivity index (χ3v) is 6.16. The summed E-state index contributed by atoms with van der Waals surface area (Å²) in [6.07, 6.45) is 3.94. The van der Waals surface area contributed by atoms with E-state index >= 15 is 0 Å². The number of imide groups is 1. The van der Waals surface area contributed by atoms with Crippen LogP contribution in [0.4, 0.5) is 9.18 Å². The molecule has 0 radical (unpaired) electrons. The van der Waals surface area contributed by atoms with Crippen LogP contribution in [0.3, 0.4) is 0 Å². The molecular formula is C21H26FN7O3. The first-order valence-corrected chi connectivity index (χ1v) is 10.8. The Hall–Kier alpha value is -3.37. The first kappa shape index (κ1) is 21.8. The maximum atomic E-state index is 13.2. The van der Waals surface area contributed by atoms with Crippen LogP contribution in [0.1, 0.15) is 49.5 Å². The van der Waals surface area contributed by atoms with Crippen LogP contribution in [-0.2, 0) is 16.0 Å². The number of aromatic nitrogens is 4. The zero-order valence-corrected chi connectivity index (χ0v) is 17.9. The van der Waals surface area contributed by atoms with E-state index in [9.17, 15) is 18.8 Å². The van der Waals surface area contributed by atoms with Crippen LogP contribution in [0.5, 0.6) is 0 Å². The summed E-state index contributed by atoms with van der Waals surface area (Å²) in [5, 5.41) is 17.1. The zero-order valence-electron chi connectivity index (χ0n) is 17.9. The second-order valence-corrected chi connectivity index (χ2v) is 8.34. The molecule has 1 aromatic carbocycles. The number of carbonyl (C=O) groups is 3. The van der Waals surface area contributed by atoms with Gasteiger partial charge < -0.3 is 10.6 Å². The summed E-state index contributed by atoms with van der Waals surface area (Å²) < 4.78 is 14.7. The predicted molar refractivity (Wildman–Crippen MR) is 111 cm³/mol. The molecule has 1 saturated heterocycles. The highest BCUT2D eigenvalue weighted by atomic mass is 19.1. The Morgan fingerprint density at radius 3 is 2.62 bits per heavy atom. The van der Waals surface area contributed by atoms with Gasteiger partial charge in [0.25, 0.3) is 5.91 Å². The minimum Gasteiger partial charge on any atom is -0.354 e. The SMILES string of the molecule is Cc1nnnn1[C@H](Cc1ccc(F)cc1)C(=O)NCCCN1C(=O)NC2(CCCC2)C1=O. The monoisotopic (exact) mass is 443 g/mol. The summed E-state index contributed by atoms with van der Waals surface area (Å²) in [5.74, 6) is -0.333. The Kier molecular flexibility index (Phi) is 6.15. The molecule has 10 nitrogen and oxygen atoms in total. The molecule has 4 rings (SSSR count). The molecule has 2 fully saturated rings. The Morgan fingerprint density at radius 1 is 1.25 bits per heavy atom. The molecule has 1 aliphatic carbocycles. The number of urea groups is 1. The van der Waals surface area contributed by atoms with Crippen LogP contribution < -0.4 is 10.6 Å². The number of tetrazole rings is 1. The quantitative estimate of drug-likeness (QED) is 0.468. The molecule has 2 N–H and O–H groups in total. The third kappa shape index (κ3) is 4.32. The molecule has 1 spiro atoms. The second-order valence-electron chi connectivity index (χ2n) is 8.34. The van der Waals surface area contributed by atoms with Gasteiger partial charge in [-0.05, 0) is 54.3 Å². The van der Waals surface area contributed by atoms with Gasteiger partial charge in [0.05, 0.1) is 0 Å². The lowest BCUT2D eigenvalue weighted by Gasteiger charge is -2.20. The molecule has 2 aliphatic rings. The maximum Gasteiger partial charge on any atom is 0.325 e. The topological polar surface area (TPSA) is 122 Å². The van der Waals surface area contributed by atoms with Crippen LogP contribution >= 0.6 is 0 Å². The number of benzene rings is 1. The Balaban J connectivity index is 1.34. The normalized spacial score (nSPS) is 18.2. The summed E-state index contributed by atoms with van der Waals surface area (Å²) >= 11 is 0. The molecule has 1 aromatic heterocycles. The molecule has 2 heterocycles. The van der Waals surface area contributed by atoms with Crippen molar-refractivity contribution in [3.8, 4) is 0 Å². The lowest BCUT2D eigenvalue weighted by atomic mass is 9.98. The smallest absolute Gasteiger partial charge is 0.325 e. The summed E-state index contributed by atoms with van der Waals surface area (Å²) in [4.78, 5) is 39.1. The molecule has 1 atom stereocenters. The number of rotatable bonds is 8. The van der Waals surface area contributed by atoms with E-state index in [0.717, 1.165) is 18.4 Å². The average Bonchev–Trinajstić information content (AvgIpc) is 3.47. The van der Waals surface area contributed by atoms with E-state index in [1.807, 2.05) is 0 Å². The fourth-order valence-corrected chi connectivity index (χ4v) is 4.42. The van der Waals surface area contributed by atoms with Gasteiger partial charge >= 0.3 is 6.03 Å². The molecule has 4 amide bonds. The van der Waals surface area contributed by atoms with Crippen molar-refractivity contribution in [3.63, 3.8) is 0 Å². The molecule has 0 unspecified atom stereocenters. The molecular weight excluding hydrogens is 417 g/mol. The lowest BCUT2D eigenvalue weighted by molar-refractivity contribution is -0.131. The van der Waals surface area contributed by atoms with E-state index in [0.29, 0.717) is 25.1 Å². The van der Waals surface area contributed by atoms with Gasteiger partial charge in [-0.25, -0.2) is 13.9 Å². The van der Waals surface area contributed by atoms with E-state index in [2.05, 4.69) is 26.2 Å². The first-order chi connectivity index (χ1) is 15.4. The van der Waals surface area contributed by atoms with Crippen LogP contribution in [0.15, 0.2) is 24.3 Å². The molecule has 170 valence electrons. The third-order valence-electron chi connectivity index (χ3n) is 6.16. The first-order valence-electron chi connectivity index (χ1n) is 10.8. The summed E-state index contributed by atoms with van der Waals surface area (Å²) in [6, 6.07) is 4.84. The minimum absolute atomic E-state index is 0.162. The molecule has 32 heavy (non-hydrogen) atoms. The number of amides is 4. The van der Waals surface area contributed by atoms with E-state index in [1.54, 1.807) is 19.1 Å². The Bertz CT molecular complexity index is 1000. The lowest BCUT2D eigenvalue weighted by Crippen LogP contribution is -2.44. The van der Waals surface area contributed by atoms with Gasteiger partial charge in [-0.2, -0.15) is 0 Å². The number of nitrogens with zero attached hydrogens (tertiary/aromatic N) is 5. The number of aryl methyl sites for hydroxylation is 1. The highest BCUT2D eigenvalue weighted by Gasteiger charge is 2.52. The largest absolute Gasteiger partial charge is 0.354 e. The van der Waals surface area contributed by atoms with Gasteiger partial charge in [-0.3, -0.25) is 14.5 Å². The Morgan fingerprint density at radius 2 is 1.97 bits per heavy atom. The van der Waals surface area contributed by atoms with Crippen LogP contribution in [0, 0.1) is 12.7 Å². The number of hydrogen-bond acceptors (Lipinski definition) is 6. The van der Waals surface area contributed by atoms with Crippen molar-refractivity contribution in [2.24, 2.45) is 0 Å². The van der Waals surface area contributed by atoms with Crippen molar-refractivity contribution in [2.45, 2.75) is 57.0 Å². The fourth-order valence-electron chi connectivity index (χ4n) is 4.42. The van der Waals surface area contributed by atoms with E-state index in [-0.39, 0.29) is 43.2 Å².